The van der Waals surface area contributed by atoms with Crippen LogP contribution in [0.3, 0.4) is 0 Å². The Morgan fingerprint density at radius 2 is 2.26 bits per heavy atom. The predicted molar refractivity (Wildman–Crippen MR) is 84.5 cm³/mol. The van der Waals surface area contributed by atoms with E-state index in [0.29, 0.717) is 25.1 Å². The fourth-order valence-electron chi connectivity index (χ4n) is 2.70. The first-order valence-electron chi connectivity index (χ1n) is 7.99. The summed E-state index contributed by atoms with van der Waals surface area (Å²) in [5.41, 5.74) is 0. The van der Waals surface area contributed by atoms with E-state index in [-0.39, 0.29) is 30.3 Å². The molecule has 2 rings (SSSR count). The monoisotopic (exact) mass is 322 g/mol. The number of benzene rings is 1. The molecule has 23 heavy (non-hydrogen) atoms. The fraction of sp³-hybridized carbons (Fsp3) is 0.529. The number of carbonyl (C=O) groups excluding carboxylic acids is 2. The second-order valence-corrected chi connectivity index (χ2v) is 5.79. The predicted octanol–water partition coefficient (Wildman–Crippen LogP) is 2.11. The minimum absolute atomic E-state index is 0.0377. The molecule has 0 aromatic heterocycles. The summed E-state index contributed by atoms with van der Waals surface area (Å²) in [6.07, 6.45) is 1.90. The lowest BCUT2D eigenvalue weighted by Gasteiger charge is -2.27. The van der Waals surface area contributed by atoms with Crippen LogP contribution in [0.25, 0.3) is 0 Å². The third kappa shape index (κ3) is 4.68. The van der Waals surface area contributed by atoms with E-state index in [4.69, 9.17) is 4.74 Å². The van der Waals surface area contributed by atoms with Crippen molar-refractivity contribution < 1.29 is 18.7 Å². The molecular weight excluding hydrogens is 299 g/mol. The molecule has 1 heterocycles. The van der Waals surface area contributed by atoms with Crippen molar-refractivity contribution in [2.75, 3.05) is 13.2 Å². The standard InChI is InChI=1S/C17H23FN2O3/c1-3-15(20-9-5-8-16(20)21)17(22)19-12(2)11-23-14-7-4-6-13(18)10-14/h4,6-7,10,12,15H,3,5,8-9,11H2,1-2H3,(H,19,22)/t12-,15+/m1/s1. The maximum atomic E-state index is 13.1. The molecule has 2 amide bonds. The van der Waals surface area contributed by atoms with Crippen molar-refractivity contribution in [3.05, 3.63) is 30.1 Å². The molecule has 1 aromatic rings. The molecule has 2 atom stereocenters. The molecule has 0 aliphatic carbocycles. The summed E-state index contributed by atoms with van der Waals surface area (Å²) in [6.45, 7) is 4.58. The van der Waals surface area contributed by atoms with Gasteiger partial charge in [0.1, 0.15) is 24.2 Å². The van der Waals surface area contributed by atoms with Crippen molar-refractivity contribution in [2.24, 2.45) is 0 Å². The number of nitrogens with one attached hydrogen (secondary N) is 1. The lowest BCUT2D eigenvalue weighted by Crippen LogP contribution is -2.50. The Morgan fingerprint density at radius 1 is 1.48 bits per heavy atom. The normalized spacial score (nSPS) is 17.0. The van der Waals surface area contributed by atoms with Crippen LogP contribution in [0.4, 0.5) is 4.39 Å². The average molecular weight is 322 g/mol. The van der Waals surface area contributed by atoms with E-state index in [1.54, 1.807) is 17.0 Å². The second-order valence-electron chi connectivity index (χ2n) is 5.79. The maximum Gasteiger partial charge on any atom is 0.243 e. The molecule has 1 aliphatic heterocycles. The molecular formula is C17H23FN2O3. The molecule has 1 aromatic carbocycles. The minimum Gasteiger partial charge on any atom is -0.491 e. The number of hydrogen-bond acceptors (Lipinski definition) is 3. The molecule has 0 radical (unpaired) electrons. The number of hydrogen-bond donors (Lipinski definition) is 1. The van der Waals surface area contributed by atoms with Crippen molar-refractivity contribution in [2.45, 2.75) is 45.2 Å². The molecule has 0 saturated carbocycles. The third-order valence-corrected chi connectivity index (χ3v) is 3.86. The number of rotatable bonds is 7. The zero-order valence-corrected chi connectivity index (χ0v) is 13.5. The van der Waals surface area contributed by atoms with Crippen molar-refractivity contribution in [3.63, 3.8) is 0 Å². The van der Waals surface area contributed by atoms with Gasteiger partial charge in [0.25, 0.3) is 0 Å². The van der Waals surface area contributed by atoms with Crippen molar-refractivity contribution in [3.8, 4) is 5.75 Å². The number of ether oxygens (including phenoxy) is 1. The number of amides is 2. The number of halogens is 1. The minimum atomic E-state index is -0.429. The van der Waals surface area contributed by atoms with E-state index in [0.717, 1.165) is 6.42 Å². The Labute approximate surface area is 135 Å². The zero-order chi connectivity index (χ0) is 16.8. The molecule has 0 bridgehead atoms. The molecule has 0 unspecified atom stereocenters. The Balaban J connectivity index is 1.84. The van der Waals surface area contributed by atoms with Crippen LogP contribution in [-0.2, 0) is 9.59 Å². The highest BCUT2D eigenvalue weighted by Gasteiger charge is 2.31. The highest BCUT2D eigenvalue weighted by Crippen LogP contribution is 2.16. The van der Waals surface area contributed by atoms with Gasteiger partial charge in [-0.1, -0.05) is 13.0 Å². The third-order valence-electron chi connectivity index (χ3n) is 3.86. The van der Waals surface area contributed by atoms with E-state index in [1.807, 2.05) is 13.8 Å². The van der Waals surface area contributed by atoms with E-state index in [1.165, 1.54) is 12.1 Å². The van der Waals surface area contributed by atoms with Crippen LogP contribution in [0.15, 0.2) is 24.3 Å². The topological polar surface area (TPSA) is 58.6 Å². The summed E-state index contributed by atoms with van der Waals surface area (Å²) in [5.74, 6) is -0.0700. The van der Waals surface area contributed by atoms with Gasteiger partial charge in [0.2, 0.25) is 11.8 Å². The Bertz CT molecular complexity index is 565. The van der Waals surface area contributed by atoms with Crippen molar-refractivity contribution >= 4 is 11.8 Å². The van der Waals surface area contributed by atoms with E-state index in [9.17, 15) is 14.0 Å². The summed E-state index contributed by atoms with van der Waals surface area (Å²) in [5, 5.41) is 2.86. The first kappa shape index (κ1) is 17.2. The van der Waals surface area contributed by atoms with Crippen LogP contribution in [0.5, 0.6) is 5.75 Å². The van der Waals surface area contributed by atoms with Gasteiger partial charge < -0.3 is 15.0 Å². The van der Waals surface area contributed by atoms with Gasteiger partial charge >= 0.3 is 0 Å². The van der Waals surface area contributed by atoms with Gasteiger partial charge in [-0.3, -0.25) is 9.59 Å². The fourth-order valence-corrected chi connectivity index (χ4v) is 2.70. The highest BCUT2D eigenvalue weighted by molar-refractivity contribution is 5.88. The summed E-state index contributed by atoms with van der Waals surface area (Å²) in [6, 6.07) is 5.21. The smallest absolute Gasteiger partial charge is 0.243 e. The number of carbonyl (C=O) groups is 2. The van der Waals surface area contributed by atoms with Gasteiger partial charge in [-0.05, 0) is 31.9 Å². The molecule has 1 saturated heterocycles. The van der Waals surface area contributed by atoms with E-state index in [2.05, 4.69) is 5.32 Å². The summed E-state index contributed by atoms with van der Waals surface area (Å²) < 4.78 is 18.5. The SMILES string of the molecule is CC[C@@H](C(=O)N[C@H](C)COc1cccc(F)c1)N1CCCC1=O. The summed E-state index contributed by atoms with van der Waals surface area (Å²) in [7, 11) is 0. The summed E-state index contributed by atoms with van der Waals surface area (Å²) in [4.78, 5) is 25.8. The molecule has 0 spiro atoms. The molecule has 1 aliphatic rings. The molecule has 1 fully saturated rings. The number of likely N-dealkylation sites (tertiary alicyclic amines) is 1. The van der Waals surface area contributed by atoms with Crippen LogP contribution >= 0.6 is 0 Å². The van der Waals surface area contributed by atoms with Gasteiger partial charge in [-0.15, -0.1) is 0 Å². The van der Waals surface area contributed by atoms with Gasteiger partial charge in [-0.2, -0.15) is 0 Å². The van der Waals surface area contributed by atoms with Gasteiger partial charge in [0, 0.05) is 19.0 Å². The summed E-state index contributed by atoms with van der Waals surface area (Å²) >= 11 is 0. The Morgan fingerprint density at radius 3 is 2.87 bits per heavy atom. The lowest BCUT2D eigenvalue weighted by molar-refractivity contribution is -0.137. The lowest BCUT2D eigenvalue weighted by atomic mass is 10.1. The first-order valence-corrected chi connectivity index (χ1v) is 7.99. The molecule has 5 nitrogen and oxygen atoms in total. The second kappa shape index (κ2) is 7.94. The van der Waals surface area contributed by atoms with Crippen LogP contribution in [-0.4, -0.2) is 41.9 Å². The number of nitrogens with zero attached hydrogens (tertiary/aromatic N) is 1. The first-order chi connectivity index (χ1) is 11.0. The highest BCUT2D eigenvalue weighted by atomic mass is 19.1. The van der Waals surface area contributed by atoms with Gasteiger partial charge in [-0.25, -0.2) is 4.39 Å². The quantitative estimate of drug-likeness (QED) is 0.836. The largest absolute Gasteiger partial charge is 0.491 e. The Hall–Kier alpha value is -2.11. The average Bonchev–Trinajstić information content (AvgIpc) is 2.92. The Kier molecular flexibility index (Phi) is 5.96. The van der Waals surface area contributed by atoms with E-state index >= 15 is 0 Å². The van der Waals surface area contributed by atoms with Crippen LogP contribution in [0.2, 0.25) is 0 Å². The van der Waals surface area contributed by atoms with E-state index < -0.39 is 6.04 Å². The van der Waals surface area contributed by atoms with Crippen molar-refractivity contribution in [1.29, 1.82) is 0 Å². The molecule has 6 heteroatoms. The van der Waals surface area contributed by atoms with Gasteiger partial charge in [0.05, 0.1) is 6.04 Å². The maximum absolute atomic E-state index is 13.1. The van der Waals surface area contributed by atoms with Gasteiger partial charge in [0.15, 0.2) is 0 Å². The molecule has 126 valence electrons. The molecule has 1 N–H and O–H groups in total. The van der Waals surface area contributed by atoms with Crippen LogP contribution in [0.1, 0.15) is 33.1 Å². The zero-order valence-electron chi connectivity index (χ0n) is 13.5. The van der Waals surface area contributed by atoms with Crippen LogP contribution < -0.4 is 10.1 Å². The van der Waals surface area contributed by atoms with Crippen molar-refractivity contribution in [1.82, 2.24) is 10.2 Å². The van der Waals surface area contributed by atoms with Crippen LogP contribution in [0, 0.1) is 5.82 Å².